The van der Waals surface area contributed by atoms with Crippen molar-refractivity contribution in [3.63, 3.8) is 0 Å². The van der Waals surface area contributed by atoms with E-state index in [0.29, 0.717) is 0 Å². The highest BCUT2D eigenvalue weighted by Gasteiger charge is 2.11. The third kappa shape index (κ3) is 7.14. The second kappa shape index (κ2) is 10.9. The molecule has 0 unspecified atom stereocenters. The number of nitrogens with one attached hydrogen (secondary N) is 1. The van der Waals surface area contributed by atoms with Crippen LogP contribution >= 0.6 is 12.2 Å². The summed E-state index contributed by atoms with van der Waals surface area (Å²) in [6.45, 7) is 4.89. The molecule has 0 aliphatic rings. The van der Waals surface area contributed by atoms with E-state index in [2.05, 4.69) is 84.7 Å². The van der Waals surface area contributed by atoms with Crippen LogP contribution in [-0.4, -0.2) is 42.1 Å². The van der Waals surface area contributed by atoms with Crippen molar-refractivity contribution in [3.8, 4) is 0 Å². The zero-order valence-electron chi connectivity index (χ0n) is 16.2. The Morgan fingerprint density at radius 3 is 2.23 bits per heavy atom. The van der Waals surface area contributed by atoms with E-state index in [1.165, 1.54) is 24.0 Å². The minimum absolute atomic E-state index is 0.775. The summed E-state index contributed by atoms with van der Waals surface area (Å²) >= 11 is 5.71. The lowest BCUT2D eigenvalue weighted by Crippen LogP contribution is -2.38. The topological polar surface area (TPSA) is 18.5 Å². The van der Waals surface area contributed by atoms with Gasteiger partial charge in [0.1, 0.15) is 0 Å². The quantitative estimate of drug-likeness (QED) is 0.640. The normalized spacial score (nSPS) is 10.8. The van der Waals surface area contributed by atoms with Crippen LogP contribution in [0.1, 0.15) is 30.9 Å². The highest BCUT2D eigenvalue weighted by atomic mass is 32.1. The minimum atomic E-state index is 0.775. The molecule has 0 radical (unpaired) electrons. The third-order valence-electron chi connectivity index (χ3n) is 4.34. The van der Waals surface area contributed by atoms with Gasteiger partial charge in [-0.3, -0.25) is 0 Å². The van der Waals surface area contributed by atoms with Gasteiger partial charge in [0.2, 0.25) is 0 Å². The summed E-state index contributed by atoms with van der Waals surface area (Å²) in [6.07, 6.45) is 3.61. The molecule has 4 heteroatoms. The number of aryl methyl sites for hydroxylation is 1. The summed E-state index contributed by atoms with van der Waals surface area (Å²) in [5.74, 6) is 0. The van der Waals surface area contributed by atoms with Crippen molar-refractivity contribution in [2.45, 2.75) is 32.7 Å². The minimum Gasteiger partial charge on any atom is -0.343 e. The Balaban J connectivity index is 2.00. The fourth-order valence-corrected chi connectivity index (χ4v) is 2.99. The van der Waals surface area contributed by atoms with Crippen LogP contribution in [0.4, 0.5) is 5.69 Å². The third-order valence-corrected chi connectivity index (χ3v) is 4.71. The highest BCUT2D eigenvalue weighted by Crippen LogP contribution is 2.14. The Morgan fingerprint density at radius 2 is 1.62 bits per heavy atom. The van der Waals surface area contributed by atoms with Crippen molar-refractivity contribution < 1.29 is 0 Å². The number of benzene rings is 2. The first-order valence-corrected chi connectivity index (χ1v) is 9.83. The second-order valence-electron chi connectivity index (χ2n) is 6.94. The summed E-state index contributed by atoms with van der Waals surface area (Å²) in [7, 11) is 4.18. The van der Waals surface area contributed by atoms with Gasteiger partial charge in [-0.2, -0.15) is 0 Å². The van der Waals surface area contributed by atoms with Gasteiger partial charge in [0.25, 0.3) is 0 Å². The molecule has 140 valence electrons. The number of nitrogens with zero attached hydrogens (tertiary/aromatic N) is 2. The maximum atomic E-state index is 5.71. The predicted octanol–water partition coefficient (Wildman–Crippen LogP) is 4.79. The molecule has 2 rings (SSSR count). The summed E-state index contributed by atoms with van der Waals surface area (Å²) in [5, 5.41) is 4.18. The first kappa shape index (κ1) is 20.4. The number of anilines is 1. The average Bonchev–Trinajstić information content (AvgIpc) is 2.65. The number of hydrogen-bond acceptors (Lipinski definition) is 2. The zero-order valence-corrected chi connectivity index (χ0v) is 17.1. The molecule has 0 spiro atoms. The van der Waals surface area contributed by atoms with E-state index in [1.54, 1.807) is 0 Å². The van der Waals surface area contributed by atoms with Crippen molar-refractivity contribution in [2.24, 2.45) is 0 Å². The summed E-state index contributed by atoms with van der Waals surface area (Å²) in [6, 6.07) is 19.1. The van der Waals surface area contributed by atoms with E-state index < -0.39 is 0 Å². The molecule has 0 aliphatic carbocycles. The Hall–Kier alpha value is -1.91. The number of unbranched alkanes of at least 4 members (excludes halogenated alkanes) is 1. The van der Waals surface area contributed by atoms with Crippen molar-refractivity contribution in [1.82, 2.24) is 9.80 Å². The highest BCUT2D eigenvalue weighted by molar-refractivity contribution is 7.80. The Morgan fingerprint density at radius 1 is 0.923 bits per heavy atom. The van der Waals surface area contributed by atoms with Crippen LogP contribution in [0.2, 0.25) is 0 Å². The van der Waals surface area contributed by atoms with E-state index in [9.17, 15) is 0 Å². The standard InChI is InChI=1S/C22H31N3S/c1-4-5-9-19-12-14-21(15-13-19)23-22(26)25(17-16-24(2)3)18-20-10-7-6-8-11-20/h6-8,10-15H,4-5,9,16-18H2,1-3H3,(H,23,26). The monoisotopic (exact) mass is 369 g/mol. The lowest BCUT2D eigenvalue weighted by molar-refractivity contribution is 0.328. The molecule has 2 aromatic rings. The molecule has 26 heavy (non-hydrogen) atoms. The molecular weight excluding hydrogens is 338 g/mol. The lowest BCUT2D eigenvalue weighted by atomic mass is 10.1. The van der Waals surface area contributed by atoms with Crippen molar-refractivity contribution in [3.05, 3.63) is 65.7 Å². The van der Waals surface area contributed by atoms with Crippen LogP contribution in [0.5, 0.6) is 0 Å². The fraction of sp³-hybridized carbons (Fsp3) is 0.409. The van der Waals surface area contributed by atoms with Gasteiger partial charge in [-0.25, -0.2) is 0 Å². The van der Waals surface area contributed by atoms with Crippen LogP contribution in [0.15, 0.2) is 54.6 Å². The molecule has 0 amide bonds. The van der Waals surface area contributed by atoms with E-state index in [0.717, 1.165) is 36.9 Å². The number of hydrogen-bond donors (Lipinski definition) is 1. The van der Waals surface area contributed by atoms with Gasteiger partial charge in [-0.1, -0.05) is 55.8 Å². The second-order valence-corrected chi connectivity index (χ2v) is 7.33. The van der Waals surface area contributed by atoms with E-state index in [1.807, 2.05) is 6.07 Å². The largest absolute Gasteiger partial charge is 0.343 e. The van der Waals surface area contributed by atoms with Gasteiger partial charge in [0, 0.05) is 25.3 Å². The number of likely N-dealkylation sites (N-methyl/N-ethyl adjacent to an activating group) is 1. The molecule has 1 N–H and O–H groups in total. The van der Waals surface area contributed by atoms with Gasteiger partial charge >= 0.3 is 0 Å². The van der Waals surface area contributed by atoms with Crippen LogP contribution < -0.4 is 5.32 Å². The maximum absolute atomic E-state index is 5.71. The molecule has 0 atom stereocenters. The van der Waals surface area contributed by atoms with Crippen LogP contribution in [0.3, 0.4) is 0 Å². The van der Waals surface area contributed by atoms with Gasteiger partial charge in [0.05, 0.1) is 0 Å². The van der Waals surface area contributed by atoms with Gasteiger partial charge < -0.3 is 15.1 Å². The van der Waals surface area contributed by atoms with Crippen LogP contribution in [0.25, 0.3) is 0 Å². The van der Waals surface area contributed by atoms with E-state index in [4.69, 9.17) is 12.2 Å². The molecule has 2 aromatic carbocycles. The first-order valence-electron chi connectivity index (χ1n) is 9.42. The fourth-order valence-electron chi connectivity index (χ4n) is 2.72. The van der Waals surface area contributed by atoms with Crippen molar-refractivity contribution >= 4 is 23.0 Å². The SMILES string of the molecule is CCCCc1ccc(NC(=S)N(CCN(C)C)Cc2ccccc2)cc1. The van der Waals surface area contributed by atoms with Gasteiger partial charge in [-0.05, 0) is 62.4 Å². The lowest BCUT2D eigenvalue weighted by Gasteiger charge is -2.27. The average molecular weight is 370 g/mol. The molecule has 3 nitrogen and oxygen atoms in total. The molecule has 0 aromatic heterocycles. The zero-order chi connectivity index (χ0) is 18.8. The summed E-state index contributed by atoms with van der Waals surface area (Å²) in [4.78, 5) is 4.42. The number of thiocarbonyl (C=S) groups is 1. The molecule has 0 bridgehead atoms. The summed E-state index contributed by atoms with van der Waals surface area (Å²) in [5.41, 5.74) is 3.71. The van der Waals surface area contributed by atoms with Crippen molar-refractivity contribution in [1.29, 1.82) is 0 Å². The summed E-state index contributed by atoms with van der Waals surface area (Å²) < 4.78 is 0. The first-order chi connectivity index (χ1) is 12.6. The Labute approximate surface area is 164 Å². The Bertz CT molecular complexity index is 653. The predicted molar refractivity (Wildman–Crippen MR) is 117 cm³/mol. The van der Waals surface area contributed by atoms with E-state index in [-0.39, 0.29) is 0 Å². The smallest absolute Gasteiger partial charge is 0.173 e. The van der Waals surface area contributed by atoms with Crippen LogP contribution in [-0.2, 0) is 13.0 Å². The molecule has 0 saturated heterocycles. The Kier molecular flexibility index (Phi) is 8.59. The number of rotatable bonds is 9. The molecule has 0 aliphatic heterocycles. The molecule has 0 fully saturated rings. The van der Waals surface area contributed by atoms with Crippen LogP contribution in [0, 0.1) is 0 Å². The molecule has 0 heterocycles. The van der Waals surface area contributed by atoms with Crippen molar-refractivity contribution in [2.75, 3.05) is 32.5 Å². The maximum Gasteiger partial charge on any atom is 0.173 e. The van der Waals surface area contributed by atoms with Gasteiger partial charge in [-0.15, -0.1) is 0 Å². The van der Waals surface area contributed by atoms with Gasteiger partial charge in [0.15, 0.2) is 5.11 Å². The van der Waals surface area contributed by atoms with E-state index >= 15 is 0 Å². The molecule has 0 saturated carbocycles. The molecular formula is C22H31N3S.